The molecule has 4 unspecified atom stereocenters. The quantitative estimate of drug-likeness (QED) is 0.222. The highest BCUT2D eigenvalue weighted by molar-refractivity contribution is 5.72. The maximum absolute atomic E-state index is 11.6. The molecule has 0 radical (unpaired) electrons. The number of rotatable bonds is 8. The standard InChI is InChI=1S/C17H27N3O4/c1-2-3-4-6-17(22-8-9-23-17)7-5-12-13-10-16(21)24-15(13)11-14(12)19-20-18/h12-15H,2-11H2,1H3. The highest BCUT2D eigenvalue weighted by Crippen LogP contribution is 2.46. The Kier molecular flexibility index (Phi) is 5.64. The number of fused-ring (bicyclic) bond motifs is 1. The maximum atomic E-state index is 11.6. The van der Waals surface area contributed by atoms with Crippen molar-refractivity contribution in [3.8, 4) is 0 Å². The minimum absolute atomic E-state index is 0.0838. The number of carbonyl (C=O) groups excluding carboxylic acids is 1. The van der Waals surface area contributed by atoms with Crippen molar-refractivity contribution < 1.29 is 19.0 Å². The summed E-state index contributed by atoms with van der Waals surface area (Å²) in [6, 6.07) is -0.0906. The van der Waals surface area contributed by atoms with Crippen molar-refractivity contribution in [2.24, 2.45) is 17.0 Å². The molecule has 2 saturated heterocycles. The molecular weight excluding hydrogens is 310 g/mol. The zero-order chi connectivity index (χ0) is 17.0. The van der Waals surface area contributed by atoms with Gasteiger partial charge in [-0.25, -0.2) is 0 Å². The molecule has 2 aliphatic heterocycles. The molecule has 0 aromatic carbocycles. The van der Waals surface area contributed by atoms with E-state index in [1.54, 1.807) is 0 Å². The lowest BCUT2D eigenvalue weighted by Gasteiger charge is -2.30. The SMILES string of the molecule is CCCCCC1(CCC2C(N=[N+]=[N-])CC3OC(=O)CC32)OCCO1. The zero-order valence-electron chi connectivity index (χ0n) is 14.4. The second-order valence-corrected chi connectivity index (χ2v) is 7.17. The van der Waals surface area contributed by atoms with Crippen molar-refractivity contribution in [2.45, 2.75) is 76.2 Å². The Morgan fingerprint density at radius 3 is 2.79 bits per heavy atom. The third-order valence-corrected chi connectivity index (χ3v) is 5.71. The van der Waals surface area contributed by atoms with E-state index in [0.717, 1.165) is 25.7 Å². The Morgan fingerprint density at radius 1 is 1.29 bits per heavy atom. The first-order chi connectivity index (χ1) is 11.7. The molecule has 0 amide bonds. The van der Waals surface area contributed by atoms with Gasteiger partial charge in [-0.15, -0.1) is 0 Å². The molecule has 0 N–H and O–H groups in total. The van der Waals surface area contributed by atoms with E-state index in [1.807, 2.05) is 0 Å². The molecule has 3 fully saturated rings. The summed E-state index contributed by atoms with van der Waals surface area (Å²) >= 11 is 0. The molecular formula is C17H27N3O4. The average molecular weight is 337 g/mol. The third kappa shape index (κ3) is 3.68. The van der Waals surface area contributed by atoms with Crippen LogP contribution in [0.2, 0.25) is 0 Å². The predicted octanol–water partition coefficient (Wildman–Crippen LogP) is 3.72. The highest BCUT2D eigenvalue weighted by Gasteiger charge is 2.50. The van der Waals surface area contributed by atoms with Crippen LogP contribution in [0.5, 0.6) is 0 Å². The van der Waals surface area contributed by atoms with Gasteiger partial charge in [-0.1, -0.05) is 24.9 Å². The smallest absolute Gasteiger partial charge is 0.306 e. The fraction of sp³-hybridized carbons (Fsp3) is 0.941. The highest BCUT2D eigenvalue weighted by atomic mass is 16.7. The number of hydrogen-bond donors (Lipinski definition) is 0. The summed E-state index contributed by atoms with van der Waals surface area (Å²) in [6.07, 6.45) is 6.97. The Balaban J connectivity index is 1.63. The number of hydrogen-bond acceptors (Lipinski definition) is 5. The van der Waals surface area contributed by atoms with Crippen molar-refractivity contribution in [3.63, 3.8) is 0 Å². The van der Waals surface area contributed by atoms with Crippen molar-refractivity contribution in [1.29, 1.82) is 0 Å². The van der Waals surface area contributed by atoms with Crippen LogP contribution >= 0.6 is 0 Å². The van der Waals surface area contributed by atoms with Crippen molar-refractivity contribution in [3.05, 3.63) is 10.4 Å². The minimum Gasteiger partial charge on any atom is -0.462 e. The summed E-state index contributed by atoms with van der Waals surface area (Å²) in [5, 5.41) is 3.96. The molecule has 3 rings (SSSR count). The number of nitrogens with zero attached hydrogens (tertiary/aromatic N) is 3. The number of esters is 1. The lowest BCUT2D eigenvalue weighted by atomic mass is 9.85. The van der Waals surface area contributed by atoms with E-state index in [-0.39, 0.29) is 30.0 Å². The van der Waals surface area contributed by atoms with Crippen LogP contribution in [0.3, 0.4) is 0 Å². The maximum Gasteiger partial charge on any atom is 0.306 e. The molecule has 0 aromatic heterocycles. The first-order valence-corrected chi connectivity index (χ1v) is 9.19. The summed E-state index contributed by atoms with van der Waals surface area (Å²) in [6.45, 7) is 3.47. The fourth-order valence-corrected chi connectivity index (χ4v) is 4.52. The second-order valence-electron chi connectivity index (χ2n) is 7.17. The molecule has 2 heterocycles. The lowest BCUT2D eigenvalue weighted by Crippen LogP contribution is -2.32. The molecule has 1 aliphatic carbocycles. The van der Waals surface area contributed by atoms with E-state index >= 15 is 0 Å². The normalized spacial score (nSPS) is 34.0. The van der Waals surface area contributed by atoms with Crippen LogP contribution < -0.4 is 0 Å². The second kappa shape index (κ2) is 7.72. The van der Waals surface area contributed by atoms with Crippen LogP contribution in [0.1, 0.15) is 58.3 Å². The molecule has 24 heavy (non-hydrogen) atoms. The van der Waals surface area contributed by atoms with Crippen LogP contribution in [-0.4, -0.2) is 37.1 Å². The van der Waals surface area contributed by atoms with Crippen molar-refractivity contribution in [1.82, 2.24) is 0 Å². The fourth-order valence-electron chi connectivity index (χ4n) is 4.52. The molecule has 1 saturated carbocycles. The lowest BCUT2D eigenvalue weighted by molar-refractivity contribution is -0.170. The van der Waals surface area contributed by atoms with Gasteiger partial charge in [-0.2, -0.15) is 0 Å². The van der Waals surface area contributed by atoms with Gasteiger partial charge in [0.1, 0.15) is 6.10 Å². The van der Waals surface area contributed by atoms with Gasteiger partial charge in [0, 0.05) is 29.7 Å². The third-order valence-electron chi connectivity index (χ3n) is 5.71. The van der Waals surface area contributed by atoms with E-state index < -0.39 is 5.79 Å². The number of unbranched alkanes of at least 4 members (excludes halogenated alkanes) is 2. The van der Waals surface area contributed by atoms with E-state index in [1.165, 1.54) is 12.8 Å². The largest absolute Gasteiger partial charge is 0.462 e. The molecule has 7 nitrogen and oxygen atoms in total. The van der Waals surface area contributed by atoms with Crippen LogP contribution in [0, 0.1) is 11.8 Å². The topological polar surface area (TPSA) is 93.5 Å². The minimum atomic E-state index is -0.488. The first-order valence-electron chi connectivity index (χ1n) is 9.19. The van der Waals surface area contributed by atoms with Gasteiger partial charge >= 0.3 is 5.97 Å². The molecule has 0 aromatic rings. The van der Waals surface area contributed by atoms with Gasteiger partial charge in [-0.05, 0) is 30.7 Å². The first kappa shape index (κ1) is 17.5. The van der Waals surface area contributed by atoms with Crippen molar-refractivity contribution >= 4 is 5.97 Å². The zero-order valence-corrected chi connectivity index (χ0v) is 14.4. The van der Waals surface area contributed by atoms with Crippen LogP contribution in [0.25, 0.3) is 10.4 Å². The number of azide groups is 1. The monoisotopic (exact) mass is 337 g/mol. The Bertz CT molecular complexity index is 500. The van der Waals surface area contributed by atoms with E-state index in [2.05, 4.69) is 16.9 Å². The molecule has 4 atom stereocenters. The van der Waals surface area contributed by atoms with Crippen LogP contribution in [-0.2, 0) is 19.0 Å². The van der Waals surface area contributed by atoms with Gasteiger partial charge < -0.3 is 14.2 Å². The average Bonchev–Trinajstić information content (AvgIpc) is 3.22. The van der Waals surface area contributed by atoms with E-state index in [4.69, 9.17) is 19.7 Å². The van der Waals surface area contributed by atoms with Gasteiger partial charge in [0.15, 0.2) is 5.79 Å². The van der Waals surface area contributed by atoms with Gasteiger partial charge in [-0.3, -0.25) is 4.79 Å². The Hall–Kier alpha value is -1.30. The Labute approximate surface area is 142 Å². The molecule has 134 valence electrons. The molecule has 3 aliphatic rings. The summed E-state index contributed by atoms with van der Waals surface area (Å²) in [4.78, 5) is 14.6. The van der Waals surface area contributed by atoms with Crippen molar-refractivity contribution in [2.75, 3.05) is 13.2 Å². The molecule has 7 heteroatoms. The number of ether oxygens (including phenoxy) is 3. The molecule has 0 bridgehead atoms. The summed E-state index contributed by atoms with van der Waals surface area (Å²) in [5.74, 6) is -0.270. The molecule has 0 spiro atoms. The van der Waals surface area contributed by atoms with Crippen LogP contribution in [0.15, 0.2) is 5.11 Å². The number of carbonyl (C=O) groups is 1. The summed E-state index contributed by atoms with van der Waals surface area (Å²) in [7, 11) is 0. The summed E-state index contributed by atoms with van der Waals surface area (Å²) < 4.78 is 17.3. The summed E-state index contributed by atoms with van der Waals surface area (Å²) in [5.41, 5.74) is 8.83. The van der Waals surface area contributed by atoms with Gasteiger partial charge in [0.2, 0.25) is 0 Å². The Morgan fingerprint density at radius 2 is 2.08 bits per heavy atom. The predicted molar refractivity (Wildman–Crippen MR) is 87.0 cm³/mol. The van der Waals surface area contributed by atoms with Gasteiger partial charge in [0.05, 0.1) is 19.6 Å². The van der Waals surface area contributed by atoms with Gasteiger partial charge in [0.25, 0.3) is 0 Å². The van der Waals surface area contributed by atoms with E-state index in [0.29, 0.717) is 26.1 Å². The van der Waals surface area contributed by atoms with E-state index in [9.17, 15) is 4.79 Å². The van der Waals surface area contributed by atoms with Crippen LogP contribution in [0.4, 0.5) is 0 Å².